The molecule has 0 aliphatic carbocycles. The number of halogens is 5. The van der Waals surface area contributed by atoms with Crippen molar-refractivity contribution in [2.24, 2.45) is 0 Å². The van der Waals surface area contributed by atoms with Crippen LogP contribution in [0.4, 0.5) is 22.0 Å². The Morgan fingerprint density at radius 1 is 1.33 bits per heavy atom. The maximum atomic E-state index is 12.4. The van der Waals surface area contributed by atoms with E-state index in [-0.39, 0.29) is 0 Å². The van der Waals surface area contributed by atoms with Gasteiger partial charge in [-0.05, 0) is 0 Å². The average molecular weight is 186 g/mol. The van der Waals surface area contributed by atoms with Crippen LogP contribution in [-0.2, 0) is 0 Å². The molecule has 0 fully saturated rings. The summed E-state index contributed by atoms with van der Waals surface area (Å²) in [5, 5.41) is 0. The van der Waals surface area contributed by atoms with Gasteiger partial charge in [-0.25, -0.2) is 4.39 Å². The molecule has 0 saturated carbocycles. The Bertz CT molecular complexity index is 188. The summed E-state index contributed by atoms with van der Waals surface area (Å²) in [7, 11) is 0. The summed E-state index contributed by atoms with van der Waals surface area (Å²) < 4.78 is 59.3. The first-order valence-electron chi connectivity index (χ1n) is 3.07. The molecular formula is C7H7F5. The first kappa shape index (κ1) is 11.1. The van der Waals surface area contributed by atoms with Crippen molar-refractivity contribution in [2.45, 2.75) is 12.6 Å². The van der Waals surface area contributed by atoms with Crippen molar-refractivity contribution < 1.29 is 22.0 Å². The van der Waals surface area contributed by atoms with Gasteiger partial charge >= 0.3 is 6.18 Å². The van der Waals surface area contributed by atoms with E-state index in [9.17, 15) is 22.0 Å². The van der Waals surface area contributed by atoms with Crippen molar-refractivity contribution in [3.05, 3.63) is 24.1 Å². The third-order valence-electron chi connectivity index (χ3n) is 1.12. The Labute approximate surface area is 66.4 Å². The normalized spacial score (nSPS) is 14.1. The van der Waals surface area contributed by atoms with E-state index < -0.39 is 30.7 Å². The van der Waals surface area contributed by atoms with Crippen LogP contribution >= 0.6 is 0 Å². The molecule has 0 unspecified atom stereocenters. The molecule has 0 radical (unpaired) electrons. The summed E-state index contributed by atoms with van der Waals surface area (Å²) in [4.78, 5) is 0. The lowest BCUT2D eigenvalue weighted by Crippen LogP contribution is -2.11. The van der Waals surface area contributed by atoms with Gasteiger partial charge in [0.25, 0.3) is 0 Å². The van der Waals surface area contributed by atoms with E-state index in [0.29, 0.717) is 6.08 Å². The van der Waals surface area contributed by atoms with Gasteiger partial charge in [0.1, 0.15) is 5.83 Å². The second kappa shape index (κ2) is 4.23. The smallest absolute Gasteiger partial charge is 0.251 e. The topological polar surface area (TPSA) is 0 Å². The molecule has 70 valence electrons. The molecule has 0 N–H and O–H groups in total. The summed E-state index contributed by atoms with van der Waals surface area (Å²) in [6, 6.07) is 0. The monoisotopic (exact) mass is 186 g/mol. The number of rotatable bonds is 3. The minimum absolute atomic E-state index is 0.338. The molecule has 0 nitrogen and oxygen atoms in total. The van der Waals surface area contributed by atoms with Crippen LogP contribution in [0.25, 0.3) is 0 Å². The van der Waals surface area contributed by atoms with E-state index in [1.165, 1.54) is 0 Å². The van der Waals surface area contributed by atoms with Crippen molar-refractivity contribution in [1.82, 2.24) is 0 Å². The number of hydrogen-bond donors (Lipinski definition) is 0. The van der Waals surface area contributed by atoms with Gasteiger partial charge in [0.2, 0.25) is 0 Å². The predicted molar refractivity (Wildman–Crippen MR) is 35.0 cm³/mol. The van der Waals surface area contributed by atoms with E-state index >= 15 is 0 Å². The van der Waals surface area contributed by atoms with Gasteiger partial charge < -0.3 is 0 Å². The van der Waals surface area contributed by atoms with Crippen molar-refractivity contribution in [3.63, 3.8) is 0 Å². The fraction of sp³-hybridized carbons (Fsp3) is 0.429. The zero-order valence-corrected chi connectivity index (χ0v) is 6.09. The number of allylic oxidation sites excluding steroid dienone is 3. The van der Waals surface area contributed by atoms with Crippen LogP contribution in [0.1, 0.15) is 6.42 Å². The summed E-state index contributed by atoms with van der Waals surface area (Å²) >= 11 is 0. The summed E-state index contributed by atoms with van der Waals surface area (Å²) in [6.07, 6.45) is -5.31. The molecule has 12 heavy (non-hydrogen) atoms. The SMILES string of the molecule is C=C/C(=C(/F)CCF)C(F)(F)F. The highest BCUT2D eigenvalue weighted by Gasteiger charge is 2.34. The molecule has 0 spiro atoms. The zero-order valence-electron chi connectivity index (χ0n) is 6.09. The highest BCUT2D eigenvalue weighted by Crippen LogP contribution is 2.30. The van der Waals surface area contributed by atoms with Gasteiger partial charge in [-0.3, -0.25) is 4.39 Å². The van der Waals surface area contributed by atoms with E-state index in [1.807, 2.05) is 0 Å². The Kier molecular flexibility index (Phi) is 3.92. The molecule has 0 aliphatic heterocycles. The standard InChI is InChI=1S/C7H7F5/c1-2-5(7(10,11)12)6(9)3-4-8/h2H,1,3-4H2/b6-5-. The number of hydrogen-bond acceptors (Lipinski definition) is 0. The molecule has 5 heteroatoms. The van der Waals surface area contributed by atoms with Gasteiger partial charge in [-0.15, -0.1) is 0 Å². The van der Waals surface area contributed by atoms with Crippen molar-refractivity contribution in [1.29, 1.82) is 0 Å². The molecule has 0 aromatic rings. The third-order valence-corrected chi connectivity index (χ3v) is 1.12. The minimum Gasteiger partial charge on any atom is -0.251 e. The Morgan fingerprint density at radius 3 is 2.08 bits per heavy atom. The third kappa shape index (κ3) is 3.02. The van der Waals surface area contributed by atoms with Gasteiger partial charge in [0.15, 0.2) is 0 Å². The van der Waals surface area contributed by atoms with E-state index in [4.69, 9.17) is 0 Å². The molecule has 0 amide bonds. The fourth-order valence-corrected chi connectivity index (χ4v) is 0.598. The molecule has 0 aromatic carbocycles. The van der Waals surface area contributed by atoms with Crippen LogP contribution in [0.15, 0.2) is 24.1 Å². The predicted octanol–water partition coefficient (Wildman–Crippen LogP) is 3.32. The second-order valence-electron chi connectivity index (χ2n) is 1.96. The fourth-order valence-electron chi connectivity index (χ4n) is 0.598. The highest BCUT2D eigenvalue weighted by molar-refractivity contribution is 5.25. The van der Waals surface area contributed by atoms with Crippen LogP contribution in [0.3, 0.4) is 0 Å². The van der Waals surface area contributed by atoms with Gasteiger partial charge in [-0.2, -0.15) is 13.2 Å². The van der Waals surface area contributed by atoms with Crippen LogP contribution in [0, 0.1) is 0 Å². The molecule has 0 saturated heterocycles. The first-order chi connectivity index (χ1) is 5.43. The van der Waals surface area contributed by atoms with E-state index in [2.05, 4.69) is 6.58 Å². The first-order valence-corrected chi connectivity index (χ1v) is 3.07. The maximum Gasteiger partial charge on any atom is 0.418 e. The van der Waals surface area contributed by atoms with Crippen molar-refractivity contribution in [3.8, 4) is 0 Å². The largest absolute Gasteiger partial charge is 0.418 e. The minimum atomic E-state index is -4.79. The van der Waals surface area contributed by atoms with Crippen LogP contribution < -0.4 is 0 Å². The highest BCUT2D eigenvalue weighted by atomic mass is 19.4. The summed E-state index contributed by atoms with van der Waals surface area (Å²) in [5.41, 5.74) is -1.50. The number of alkyl halides is 4. The average Bonchev–Trinajstić information content (AvgIpc) is 1.85. The Hall–Kier alpha value is -0.870. The van der Waals surface area contributed by atoms with Gasteiger partial charge in [-0.1, -0.05) is 12.7 Å². The lowest BCUT2D eigenvalue weighted by Gasteiger charge is -2.07. The van der Waals surface area contributed by atoms with Gasteiger partial charge in [0.05, 0.1) is 12.2 Å². The van der Waals surface area contributed by atoms with Crippen LogP contribution in [0.5, 0.6) is 0 Å². The van der Waals surface area contributed by atoms with Crippen LogP contribution in [-0.4, -0.2) is 12.9 Å². The zero-order chi connectivity index (χ0) is 9.78. The van der Waals surface area contributed by atoms with Crippen molar-refractivity contribution >= 4 is 0 Å². The summed E-state index contributed by atoms with van der Waals surface area (Å²) in [6.45, 7) is 1.64. The molecule has 0 aromatic heterocycles. The lowest BCUT2D eigenvalue weighted by atomic mass is 10.2. The quantitative estimate of drug-likeness (QED) is 0.468. The molecule has 0 atom stereocenters. The second-order valence-corrected chi connectivity index (χ2v) is 1.96. The van der Waals surface area contributed by atoms with Crippen LogP contribution in [0.2, 0.25) is 0 Å². The molecule has 0 heterocycles. The summed E-state index contributed by atoms with van der Waals surface area (Å²) in [5.74, 6) is -1.51. The van der Waals surface area contributed by atoms with E-state index in [1.54, 1.807) is 0 Å². The Balaban J connectivity index is 4.73. The Morgan fingerprint density at radius 2 is 1.83 bits per heavy atom. The van der Waals surface area contributed by atoms with Crippen molar-refractivity contribution in [2.75, 3.05) is 6.67 Å². The van der Waals surface area contributed by atoms with E-state index in [0.717, 1.165) is 0 Å². The maximum absolute atomic E-state index is 12.4. The lowest BCUT2D eigenvalue weighted by molar-refractivity contribution is -0.0901. The molecule has 0 rings (SSSR count). The molecule has 0 aliphatic rings. The molecule has 0 bridgehead atoms. The molecular weight excluding hydrogens is 179 g/mol. The van der Waals surface area contributed by atoms with Gasteiger partial charge in [0, 0.05) is 6.42 Å².